The van der Waals surface area contributed by atoms with Gasteiger partial charge in [-0.1, -0.05) is 0 Å². The molecule has 0 aliphatic carbocycles. The molecule has 0 saturated carbocycles. The van der Waals surface area contributed by atoms with Crippen LogP contribution in [0.4, 0.5) is 0 Å². The van der Waals surface area contributed by atoms with E-state index in [-0.39, 0.29) is 18.2 Å². The maximum atomic E-state index is 12.9. The summed E-state index contributed by atoms with van der Waals surface area (Å²) >= 11 is 0. The molecule has 1 amide bonds. The summed E-state index contributed by atoms with van der Waals surface area (Å²) < 4.78 is 5.51. The lowest BCUT2D eigenvalue weighted by Crippen LogP contribution is -2.57. The first kappa shape index (κ1) is 19.8. The van der Waals surface area contributed by atoms with Gasteiger partial charge in [0.05, 0.1) is 5.69 Å². The molecular formula is C19H30N4O4. The van der Waals surface area contributed by atoms with Gasteiger partial charge in [-0.2, -0.15) is 0 Å². The van der Waals surface area contributed by atoms with Crippen LogP contribution in [0.2, 0.25) is 0 Å². The quantitative estimate of drug-likeness (QED) is 0.824. The number of piperazine rings is 1. The minimum absolute atomic E-state index is 0.134. The number of aliphatic carboxylic acids is 1. The molecule has 8 nitrogen and oxygen atoms in total. The Kier molecular flexibility index (Phi) is 6.16. The van der Waals surface area contributed by atoms with Crippen molar-refractivity contribution in [3.05, 3.63) is 17.3 Å². The fourth-order valence-electron chi connectivity index (χ4n) is 4.30. The number of nitrogens with zero attached hydrogens (tertiary/aromatic N) is 4. The maximum Gasteiger partial charge on any atom is 0.303 e. The van der Waals surface area contributed by atoms with Crippen molar-refractivity contribution in [3.63, 3.8) is 0 Å². The highest BCUT2D eigenvalue weighted by molar-refractivity contribution is 5.92. The third-order valence-electron chi connectivity index (χ3n) is 5.81. The summed E-state index contributed by atoms with van der Waals surface area (Å²) in [5.74, 6) is 0.0437. The lowest BCUT2D eigenvalue weighted by molar-refractivity contribution is -0.137. The average molecular weight is 378 g/mol. The third-order valence-corrected chi connectivity index (χ3v) is 5.81. The minimum atomic E-state index is -0.780. The molecular weight excluding hydrogens is 348 g/mol. The molecule has 3 heterocycles. The van der Waals surface area contributed by atoms with Gasteiger partial charge in [0, 0.05) is 58.7 Å². The molecule has 1 aromatic heterocycles. The fraction of sp³-hybridized carbons (Fsp3) is 0.737. The summed E-state index contributed by atoms with van der Waals surface area (Å²) in [6.07, 6.45) is 1.59. The molecule has 2 saturated heterocycles. The van der Waals surface area contributed by atoms with E-state index < -0.39 is 5.97 Å². The van der Waals surface area contributed by atoms with E-state index in [0.717, 1.165) is 32.6 Å². The van der Waals surface area contributed by atoms with Crippen molar-refractivity contribution in [2.24, 2.45) is 5.92 Å². The van der Waals surface area contributed by atoms with Crippen molar-refractivity contribution in [2.45, 2.75) is 39.2 Å². The van der Waals surface area contributed by atoms with Gasteiger partial charge < -0.3 is 19.3 Å². The molecule has 2 aliphatic heterocycles. The van der Waals surface area contributed by atoms with Gasteiger partial charge in [-0.05, 0) is 32.7 Å². The van der Waals surface area contributed by atoms with Crippen LogP contribution in [0, 0.1) is 19.8 Å². The Bertz CT molecular complexity index is 681. The van der Waals surface area contributed by atoms with E-state index in [2.05, 4.69) is 21.8 Å². The first-order valence-electron chi connectivity index (χ1n) is 9.73. The number of hydrogen-bond donors (Lipinski definition) is 1. The van der Waals surface area contributed by atoms with Gasteiger partial charge in [0.2, 0.25) is 5.76 Å². The van der Waals surface area contributed by atoms with Crippen LogP contribution in [0.5, 0.6) is 0 Å². The highest BCUT2D eigenvalue weighted by Crippen LogP contribution is 2.28. The number of oxazole rings is 1. The number of carbonyl (C=O) groups is 2. The normalized spacial score (nSPS) is 24.9. The zero-order valence-corrected chi connectivity index (χ0v) is 16.5. The maximum absolute atomic E-state index is 12.9. The Hall–Kier alpha value is -1.93. The number of rotatable bonds is 5. The van der Waals surface area contributed by atoms with Gasteiger partial charge in [0.25, 0.3) is 5.91 Å². The monoisotopic (exact) mass is 378 g/mol. The Balaban J connectivity index is 1.71. The summed E-state index contributed by atoms with van der Waals surface area (Å²) in [5.41, 5.74) is 0.612. The van der Waals surface area contributed by atoms with Crippen molar-refractivity contribution in [3.8, 4) is 0 Å². The molecule has 150 valence electrons. The molecule has 0 spiro atoms. The molecule has 1 N–H and O–H groups in total. The SMILES string of the molecule is Cc1nc(C)c(C(=O)N2CC[C@@H](N3CCN(C)CC3)[C@@H](CCC(=O)O)C2)o1. The van der Waals surface area contributed by atoms with Crippen molar-refractivity contribution in [1.82, 2.24) is 19.7 Å². The number of likely N-dealkylation sites (tertiary alicyclic amines) is 1. The molecule has 8 heteroatoms. The van der Waals surface area contributed by atoms with E-state index in [1.165, 1.54) is 0 Å². The van der Waals surface area contributed by atoms with Gasteiger partial charge in [-0.3, -0.25) is 14.5 Å². The van der Waals surface area contributed by atoms with Crippen LogP contribution in [0.25, 0.3) is 0 Å². The van der Waals surface area contributed by atoms with Crippen LogP contribution in [0.15, 0.2) is 4.42 Å². The van der Waals surface area contributed by atoms with E-state index in [1.54, 1.807) is 13.8 Å². The second-order valence-corrected chi connectivity index (χ2v) is 7.79. The van der Waals surface area contributed by atoms with Gasteiger partial charge in [-0.15, -0.1) is 0 Å². The highest BCUT2D eigenvalue weighted by Gasteiger charge is 2.37. The number of hydrogen-bond acceptors (Lipinski definition) is 6. The number of carboxylic acid groups (broad SMARTS) is 1. The number of piperidine rings is 1. The first-order chi connectivity index (χ1) is 12.8. The summed E-state index contributed by atoms with van der Waals surface area (Å²) in [7, 11) is 2.13. The molecule has 3 rings (SSSR count). The van der Waals surface area contributed by atoms with Crippen LogP contribution in [-0.2, 0) is 4.79 Å². The van der Waals surface area contributed by atoms with Crippen LogP contribution in [0.3, 0.4) is 0 Å². The Morgan fingerprint density at radius 3 is 2.48 bits per heavy atom. The number of carboxylic acids is 1. The zero-order chi connectivity index (χ0) is 19.6. The summed E-state index contributed by atoms with van der Waals surface area (Å²) in [4.78, 5) is 34.8. The van der Waals surface area contributed by atoms with E-state index >= 15 is 0 Å². The van der Waals surface area contributed by atoms with Gasteiger partial charge >= 0.3 is 5.97 Å². The molecule has 2 fully saturated rings. The predicted molar refractivity (Wildman–Crippen MR) is 99.7 cm³/mol. The highest BCUT2D eigenvalue weighted by atomic mass is 16.4. The standard InChI is InChI=1S/C19H30N4O4/c1-13-18(27-14(2)20-13)19(26)23-7-6-16(15(12-23)4-5-17(24)25)22-10-8-21(3)9-11-22/h15-16H,4-12H2,1-3H3,(H,24,25)/t15-,16+/m0/s1. The number of likely N-dealkylation sites (N-methyl/N-ethyl adjacent to an activating group) is 1. The van der Waals surface area contributed by atoms with Crippen LogP contribution >= 0.6 is 0 Å². The van der Waals surface area contributed by atoms with Crippen LogP contribution in [-0.4, -0.2) is 89.0 Å². The van der Waals surface area contributed by atoms with E-state index in [4.69, 9.17) is 9.52 Å². The smallest absolute Gasteiger partial charge is 0.303 e. The predicted octanol–water partition coefficient (Wildman–Crippen LogP) is 1.23. The topological polar surface area (TPSA) is 90.1 Å². The van der Waals surface area contributed by atoms with Gasteiger partial charge in [0.15, 0.2) is 5.89 Å². The van der Waals surface area contributed by atoms with Crippen LogP contribution < -0.4 is 0 Å². The molecule has 27 heavy (non-hydrogen) atoms. The van der Waals surface area contributed by atoms with Crippen molar-refractivity contribution < 1.29 is 19.1 Å². The molecule has 0 bridgehead atoms. The van der Waals surface area contributed by atoms with E-state index in [0.29, 0.717) is 42.9 Å². The number of aryl methyl sites for hydroxylation is 2. The van der Waals surface area contributed by atoms with Crippen LogP contribution in [0.1, 0.15) is 41.4 Å². The third kappa shape index (κ3) is 4.68. The summed E-state index contributed by atoms with van der Waals surface area (Å²) in [5, 5.41) is 9.14. The molecule has 2 atom stereocenters. The first-order valence-corrected chi connectivity index (χ1v) is 9.73. The lowest BCUT2D eigenvalue weighted by Gasteiger charge is -2.46. The van der Waals surface area contributed by atoms with Gasteiger partial charge in [-0.25, -0.2) is 4.98 Å². The second-order valence-electron chi connectivity index (χ2n) is 7.79. The van der Waals surface area contributed by atoms with E-state index in [9.17, 15) is 9.59 Å². The largest absolute Gasteiger partial charge is 0.481 e. The molecule has 2 aliphatic rings. The average Bonchev–Trinajstić information content (AvgIpc) is 2.98. The second kappa shape index (κ2) is 8.39. The van der Waals surface area contributed by atoms with Crippen molar-refractivity contribution >= 4 is 11.9 Å². The molecule has 0 unspecified atom stereocenters. The van der Waals surface area contributed by atoms with Crippen molar-refractivity contribution in [1.29, 1.82) is 0 Å². The molecule has 0 radical (unpaired) electrons. The summed E-state index contributed by atoms with van der Waals surface area (Å²) in [6.45, 7) is 8.81. The zero-order valence-electron chi connectivity index (χ0n) is 16.5. The summed E-state index contributed by atoms with van der Waals surface area (Å²) in [6, 6.07) is 0.333. The molecule has 1 aromatic rings. The Morgan fingerprint density at radius 2 is 1.89 bits per heavy atom. The number of amides is 1. The fourth-order valence-corrected chi connectivity index (χ4v) is 4.30. The minimum Gasteiger partial charge on any atom is -0.481 e. The van der Waals surface area contributed by atoms with Crippen molar-refractivity contribution in [2.75, 3.05) is 46.3 Å². The number of carbonyl (C=O) groups excluding carboxylic acids is 1. The Morgan fingerprint density at radius 1 is 1.19 bits per heavy atom. The lowest BCUT2D eigenvalue weighted by atomic mass is 9.86. The number of aromatic nitrogens is 1. The van der Waals surface area contributed by atoms with E-state index in [1.807, 2.05) is 4.90 Å². The Labute approximate surface area is 160 Å². The van der Waals surface area contributed by atoms with Gasteiger partial charge in [0.1, 0.15) is 0 Å². The molecule has 0 aromatic carbocycles.